The molecule has 0 aliphatic rings. The molecule has 0 spiro atoms. The zero-order chi connectivity index (χ0) is 7.98. The Balaban J connectivity index is 3.79. The van der Waals surface area contributed by atoms with Crippen molar-refractivity contribution in [3.05, 3.63) is 12.2 Å². The molecule has 56 valence electrons. The fraction of sp³-hybridized carbons (Fsp3) is 0.600. The zero-order valence-corrected chi connectivity index (χ0v) is 7.20. The molecule has 1 atom stereocenters. The van der Waals surface area contributed by atoms with Crippen LogP contribution in [0.25, 0.3) is 0 Å². The molecular weight excluding hydrogens is 120 g/mol. The molecule has 0 bridgehead atoms. The molecule has 10 heavy (non-hydrogen) atoms. The minimum absolute atomic E-state index is 0.530. The highest BCUT2D eigenvalue weighted by atomic mass is 14.0. The Labute approximate surface area is 64.3 Å². The lowest BCUT2D eigenvalue weighted by Crippen LogP contribution is -1.94. The Bertz CT molecular complexity index is 155. The van der Waals surface area contributed by atoms with E-state index in [9.17, 15) is 0 Å². The van der Waals surface area contributed by atoms with Crippen LogP contribution >= 0.6 is 0 Å². The topological polar surface area (TPSA) is 0 Å². The van der Waals surface area contributed by atoms with Gasteiger partial charge < -0.3 is 0 Å². The fourth-order valence-electron chi connectivity index (χ4n) is 0.922. The Morgan fingerprint density at radius 1 is 1.60 bits per heavy atom. The van der Waals surface area contributed by atoms with Crippen LogP contribution in [0.3, 0.4) is 0 Å². The molecule has 0 aliphatic heterocycles. The van der Waals surface area contributed by atoms with Crippen molar-refractivity contribution in [2.45, 2.75) is 33.6 Å². The smallest absolute Gasteiger partial charge is 0.0237 e. The lowest BCUT2D eigenvalue weighted by Gasteiger charge is -2.05. The molecule has 0 nitrogen and oxygen atoms in total. The molecule has 0 aromatic carbocycles. The van der Waals surface area contributed by atoms with E-state index in [0.717, 1.165) is 12.8 Å². The van der Waals surface area contributed by atoms with Gasteiger partial charge in [-0.05, 0) is 26.7 Å². The lowest BCUT2D eigenvalue weighted by molar-refractivity contribution is 0.643. The van der Waals surface area contributed by atoms with Gasteiger partial charge >= 0.3 is 0 Å². The summed E-state index contributed by atoms with van der Waals surface area (Å²) in [5.41, 5.74) is 1.23. The van der Waals surface area contributed by atoms with E-state index >= 15 is 0 Å². The Morgan fingerprint density at radius 2 is 2.20 bits per heavy atom. The highest BCUT2D eigenvalue weighted by Crippen LogP contribution is 2.11. The predicted molar refractivity (Wildman–Crippen MR) is 46.7 cm³/mol. The van der Waals surface area contributed by atoms with Gasteiger partial charge in [-0.1, -0.05) is 18.4 Å². The molecule has 0 amide bonds. The minimum atomic E-state index is 0.530. The summed E-state index contributed by atoms with van der Waals surface area (Å²) in [7, 11) is 0. The number of allylic oxidation sites excluding steroid dienone is 1. The predicted octanol–water partition coefficient (Wildman–Crippen LogP) is 3.00. The second kappa shape index (κ2) is 5.11. The van der Waals surface area contributed by atoms with Crippen LogP contribution in [-0.4, -0.2) is 0 Å². The van der Waals surface area contributed by atoms with Crippen LogP contribution in [0.5, 0.6) is 0 Å². The number of hydrogen-bond donors (Lipinski definition) is 0. The standard InChI is InChI=1S/C10H16/c1-5-7-10(6-2)8-9(3)4/h10H,3,6,8H2,1-2,4H3. The van der Waals surface area contributed by atoms with Gasteiger partial charge in [-0.25, -0.2) is 0 Å². The SMILES string of the molecule is C=C(C)CC(C#CC)CC. The van der Waals surface area contributed by atoms with Gasteiger partial charge in [0.05, 0.1) is 0 Å². The maximum atomic E-state index is 3.86. The van der Waals surface area contributed by atoms with E-state index in [2.05, 4.69) is 32.3 Å². The van der Waals surface area contributed by atoms with Crippen molar-refractivity contribution >= 4 is 0 Å². The van der Waals surface area contributed by atoms with E-state index in [1.165, 1.54) is 5.57 Å². The highest BCUT2D eigenvalue weighted by Gasteiger charge is 2.00. The van der Waals surface area contributed by atoms with Crippen molar-refractivity contribution in [2.24, 2.45) is 5.92 Å². The summed E-state index contributed by atoms with van der Waals surface area (Å²) < 4.78 is 0. The fourth-order valence-corrected chi connectivity index (χ4v) is 0.922. The third-order valence-corrected chi connectivity index (χ3v) is 1.44. The van der Waals surface area contributed by atoms with Crippen molar-refractivity contribution < 1.29 is 0 Å². The molecule has 0 aliphatic carbocycles. The molecular formula is C10H16. The maximum Gasteiger partial charge on any atom is 0.0237 e. The quantitative estimate of drug-likeness (QED) is 0.413. The average Bonchev–Trinajstić information content (AvgIpc) is 1.86. The summed E-state index contributed by atoms with van der Waals surface area (Å²) in [4.78, 5) is 0. The molecule has 0 saturated heterocycles. The van der Waals surface area contributed by atoms with Crippen molar-refractivity contribution in [1.82, 2.24) is 0 Å². The van der Waals surface area contributed by atoms with Crippen molar-refractivity contribution in [2.75, 3.05) is 0 Å². The Morgan fingerprint density at radius 3 is 2.50 bits per heavy atom. The maximum absolute atomic E-state index is 3.86. The first-order valence-electron chi connectivity index (χ1n) is 3.77. The van der Waals surface area contributed by atoms with Crippen LogP contribution in [0.4, 0.5) is 0 Å². The van der Waals surface area contributed by atoms with Crippen LogP contribution in [0.1, 0.15) is 33.6 Å². The first-order valence-corrected chi connectivity index (χ1v) is 3.77. The summed E-state index contributed by atoms with van der Waals surface area (Å²) in [6, 6.07) is 0. The second-order valence-electron chi connectivity index (χ2n) is 2.66. The van der Waals surface area contributed by atoms with Gasteiger partial charge in [0.1, 0.15) is 0 Å². The van der Waals surface area contributed by atoms with Crippen LogP contribution < -0.4 is 0 Å². The molecule has 0 aromatic heterocycles. The van der Waals surface area contributed by atoms with Crippen LogP contribution in [0, 0.1) is 17.8 Å². The average molecular weight is 136 g/mol. The molecule has 0 rings (SSSR count). The van der Waals surface area contributed by atoms with Gasteiger partial charge in [0.2, 0.25) is 0 Å². The van der Waals surface area contributed by atoms with Crippen LogP contribution in [0.2, 0.25) is 0 Å². The molecule has 0 N–H and O–H groups in total. The summed E-state index contributed by atoms with van der Waals surface area (Å²) in [6.45, 7) is 9.97. The van der Waals surface area contributed by atoms with E-state index in [4.69, 9.17) is 0 Å². The molecule has 0 saturated carbocycles. The van der Waals surface area contributed by atoms with Gasteiger partial charge in [0, 0.05) is 5.92 Å². The van der Waals surface area contributed by atoms with Crippen LogP contribution in [0.15, 0.2) is 12.2 Å². The Kier molecular flexibility index (Phi) is 4.76. The molecule has 1 unspecified atom stereocenters. The van der Waals surface area contributed by atoms with Crippen molar-refractivity contribution in [3.63, 3.8) is 0 Å². The van der Waals surface area contributed by atoms with Gasteiger partial charge in [0.15, 0.2) is 0 Å². The van der Waals surface area contributed by atoms with Crippen molar-refractivity contribution in [1.29, 1.82) is 0 Å². The molecule has 0 heteroatoms. The summed E-state index contributed by atoms with van der Waals surface area (Å²) in [5.74, 6) is 6.62. The number of rotatable bonds is 3. The van der Waals surface area contributed by atoms with Gasteiger partial charge in [0.25, 0.3) is 0 Å². The van der Waals surface area contributed by atoms with E-state index in [1.807, 2.05) is 6.92 Å². The number of hydrogen-bond acceptors (Lipinski definition) is 0. The van der Waals surface area contributed by atoms with E-state index < -0.39 is 0 Å². The van der Waals surface area contributed by atoms with Gasteiger partial charge in [-0.3, -0.25) is 0 Å². The Hall–Kier alpha value is -0.700. The summed E-state index contributed by atoms with van der Waals surface area (Å²) in [6.07, 6.45) is 2.19. The third kappa shape index (κ3) is 4.21. The largest absolute Gasteiger partial charge is 0.106 e. The van der Waals surface area contributed by atoms with Gasteiger partial charge in [-0.15, -0.1) is 12.5 Å². The molecule has 0 fully saturated rings. The summed E-state index contributed by atoms with van der Waals surface area (Å²) in [5, 5.41) is 0. The highest BCUT2D eigenvalue weighted by molar-refractivity contribution is 5.05. The molecule has 0 heterocycles. The van der Waals surface area contributed by atoms with Crippen LogP contribution in [-0.2, 0) is 0 Å². The first kappa shape index (κ1) is 9.30. The van der Waals surface area contributed by atoms with E-state index in [1.54, 1.807) is 0 Å². The summed E-state index contributed by atoms with van der Waals surface area (Å²) >= 11 is 0. The molecule has 0 radical (unpaired) electrons. The lowest BCUT2D eigenvalue weighted by atomic mass is 9.99. The molecule has 0 aromatic rings. The zero-order valence-electron chi connectivity index (χ0n) is 7.20. The monoisotopic (exact) mass is 136 g/mol. The van der Waals surface area contributed by atoms with Crippen molar-refractivity contribution in [3.8, 4) is 11.8 Å². The van der Waals surface area contributed by atoms with Gasteiger partial charge in [-0.2, -0.15) is 0 Å². The van der Waals surface area contributed by atoms with E-state index in [-0.39, 0.29) is 0 Å². The second-order valence-corrected chi connectivity index (χ2v) is 2.66. The third-order valence-electron chi connectivity index (χ3n) is 1.44. The first-order chi connectivity index (χ1) is 4.70. The normalized spacial score (nSPS) is 11.5. The van der Waals surface area contributed by atoms with E-state index in [0.29, 0.717) is 5.92 Å². The minimum Gasteiger partial charge on any atom is -0.106 e.